The van der Waals surface area contributed by atoms with Crippen LogP contribution in [0.15, 0.2) is 18.3 Å². The van der Waals surface area contributed by atoms with Gasteiger partial charge in [-0.2, -0.15) is 13.2 Å². The number of carbonyl (C=O) groups excluding carboxylic acids is 1. The summed E-state index contributed by atoms with van der Waals surface area (Å²) in [5, 5.41) is 7.12. The Bertz CT molecular complexity index is 768. The number of alkyl halides is 3. The number of hydrogen-bond acceptors (Lipinski definition) is 5. The summed E-state index contributed by atoms with van der Waals surface area (Å²) in [6.45, 7) is 4.61. The minimum atomic E-state index is -5.08. The summed E-state index contributed by atoms with van der Waals surface area (Å²) in [5.41, 5.74) is 0.683. The SMILES string of the molecule is CN(C)CCOCC12CCCOC1CCN(C(=O)c1cccn1C)C2.O=C(O)C(F)(F)F. The van der Waals surface area contributed by atoms with Crippen molar-refractivity contribution < 1.29 is 37.3 Å². The van der Waals surface area contributed by atoms with Crippen LogP contribution in [-0.4, -0.2) is 97.2 Å². The molecule has 0 radical (unpaired) electrons. The van der Waals surface area contributed by atoms with Crippen LogP contribution in [0.25, 0.3) is 0 Å². The van der Waals surface area contributed by atoms with Crippen LogP contribution in [0.5, 0.6) is 0 Å². The van der Waals surface area contributed by atoms with Gasteiger partial charge in [0.15, 0.2) is 0 Å². The van der Waals surface area contributed by atoms with Gasteiger partial charge < -0.3 is 28.9 Å². The number of hydrogen-bond donors (Lipinski definition) is 1. The first kappa shape index (κ1) is 26.1. The van der Waals surface area contributed by atoms with E-state index in [0.717, 1.165) is 51.2 Å². The molecule has 1 aromatic heterocycles. The van der Waals surface area contributed by atoms with Crippen LogP contribution < -0.4 is 0 Å². The Labute approximate surface area is 185 Å². The van der Waals surface area contributed by atoms with Gasteiger partial charge in [0, 0.05) is 44.9 Å². The zero-order valence-electron chi connectivity index (χ0n) is 18.7. The summed E-state index contributed by atoms with van der Waals surface area (Å²) in [5.74, 6) is -2.64. The van der Waals surface area contributed by atoms with Crippen LogP contribution in [0.4, 0.5) is 13.2 Å². The first-order chi connectivity index (χ1) is 15.0. The molecule has 32 heavy (non-hydrogen) atoms. The van der Waals surface area contributed by atoms with Crippen molar-refractivity contribution in [1.29, 1.82) is 0 Å². The van der Waals surface area contributed by atoms with E-state index >= 15 is 0 Å². The number of ether oxygens (including phenoxy) is 2. The summed E-state index contributed by atoms with van der Waals surface area (Å²) in [6, 6.07) is 3.82. The van der Waals surface area contributed by atoms with Gasteiger partial charge in [0.2, 0.25) is 0 Å². The molecule has 8 nitrogen and oxygen atoms in total. The molecular weight excluding hydrogens is 431 g/mol. The molecule has 2 aliphatic rings. The summed E-state index contributed by atoms with van der Waals surface area (Å²) >= 11 is 0. The van der Waals surface area contributed by atoms with Crippen molar-refractivity contribution in [2.24, 2.45) is 12.5 Å². The zero-order valence-corrected chi connectivity index (χ0v) is 18.7. The van der Waals surface area contributed by atoms with Crippen LogP contribution in [0.2, 0.25) is 0 Å². The predicted octanol–water partition coefficient (Wildman–Crippen LogP) is 2.25. The largest absolute Gasteiger partial charge is 0.490 e. The molecule has 0 spiro atoms. The first-order valence-electron chi connectivity index (χ1n) is 10.5. The number of halogens is 3. The molecule has 182 valence electrons. The molecule has 2 fully saturated rings. The van der Waals surface area contributed by atoms with Crippen LogP contribution in [0, 0.1) is 5.41 Å². The number of amides is 1. The Balaban J connectivity index is 0.000000451. The second kappa shape index (κ2) is 11.2. The van der Waals surface area contributed by atoms with E-state index in [-0.39, 0.29) is 17.4 Å². The van der Waals surface area contributed by atoms with E-state index in [1.165, 1.54) is 0 Å². The van der Waals surface area contributed by atoms with Gasteiger partial charge in [-0.15, -0.1) is 0 Å². The molecule has 11 heteroatoms. The Morgan fingerprint density at radius 2 is 2.06 bits per heavy atom. The molecule has 2 unspecified atom stereocenters. The van der Waals surface area contributed by atoms with Crippen molar-refractivity contribution >= 4 is 11.9 Å². The highest BCUT2D eigenvalue weighted by molar-refractivity contribution is 5.92. The maximum Gasteiger partial charge on any atom is 0.490 e. The number of aromatic nitrogens is 1. The zero-order chi connectivity index (χ0) is 23.9. The smallest absolute Gasteiger partial charge is 0.475 e. The number of carboxylic acid groups (broad SMARTS) is 1. The lowest BCUT2D eigenvalue weighted by atomic mass is 9.73. The van der Waals surface area contributed by atoms with Gasteiger partial charge in [-0.3, -0.25) is 4.79 Å². The molecule has 0 aromatic carbocycles. The van der Waals surface area contributed by atoms with E-state index in [1.54, 1.807) is 0 Å². The molecule has 3 rings (SSSR count). The number of aliphatic carboxylic acids is 1. The minimum Gasteiger partial charge on any atom is -0.475 e. The number of piperidine rings is 1. The monoisotopic (exact) mass is 463 g/mol. The lowest BCUT2D eigenvalue weighted by Gasteiger charge is -2.50. The number of likely N-dealkylation sites (tertiary alicyclic amines) is 1. The molecule has 2 saturated heterocycles. The van der Waals surface area contributed by atoms with E-state index in [2.05, 4.69) is 19.0 Å². The average molecular weight is 463 g/mol. The lowest BCUT2D eigenvalue weighted by molar-refractivity contribution is -0.192. The number of nitrogens with zero attached hydrogens (tertiary/aromatic N) is 3. The van der Waals surface area contributed by atoms with Gasteiger partial charge in [0.25, 0.3) is 5.91 Å². The van der Waals surface area contributed by atoms with Crippen molar-refractivity contribution in [2.75, 3.05) is 53.6 Å². The number of carboxylic acids is 1. The fraction of sp³-hybridized carbons (Fsp3) is 0.714. The quantitative estimate of drug-likeness (QED) is 0.652. The third-order valence-electron chi connectivity index (χ3n) is 5.75. The fourth-order valence-corrected chi connectivity index (χ4v) is 4.04. The predicted molar refractivity (Wildman–Crippen MR) is 110 cm³/mol. The maximum atomic E-state index is 12.9. The van der Waals surface area contributed by atoms with E-state index in [1.807, 2.05) is 34.8 Å². The molecule has 0 aliphatic carbocycles. The van der Waals surface area contributed by atoms with Crippen molar-refractivity contribution in [1.82, 2.24) is 14.4 Å². The minimum absolute atomic E-state index is 0.0658. The summed E-state index contributed by atoms with van der Waals surface area (Å²) in [7, 11) is 6.02. The van der Waals surface area contributed by atoms with E-state index in [4.69, 9.17) is 19.4 Å². The van der Waals surface area contributed by atoms with Gasteiger partial charge >= 0.3 is 12.1 Å². The van der Waals surface area contributed by atoms with Gasteiger partial charge in [-0.25, -0.2) is 4.79 Å². The Hall–Kier alpha value is -2.11. The van der Waals surface area contributed by atoms with Gasteiger partial charge in [0.05, 0.1) is 19.3 Å². The summed E-state index contributed by atoms with van der Waals surface area (Å²) in [4.78, 5) is 25.9. The average Bonchev–Trinajstić information content (AvgIpc) is 3.15. The van der Waals surface area contributed by atoms with Crippen LogP contribution in [0.1, 0.15) is 29.8 Å². The van der Waals surface area contributed by atoms with Crippen LogP contribution >= 0.6 is 0 Å². The van der Waals surface area contributed by atoms with E-state index < -0.39 is 12.1 Å². The van der Waals surface area contributed by atoms with Crippen molar-refractivity contribution in [3.05, 3.63) is 24.0 Å². The summed E-state index contributed by atoms with van der Waals surface area (Å²) < 4.78 is 45.7. The third kappa shape index (κ3) is 6.94. The number of carbonyl (C=O) groups is 2. The second-order valence-electron chi connectivity index (χ2n) is 8.50. The molecule has 0 bridgehead atoms. The molecule has 1 amide bonds. The highest BCUT2D eigenvalue weighted by Crippen LogP contribution is 2.40. The van der Waals surface area contributed by atoms with Crippen molar-refractivity contribution in [3.8, 4) is 0 Å². The van der Waals surface area contributed by atoms with Crippen molar-refractivity contribution in [3.63, 3.8) is 0 Å². The molecule has 2 aliphatic heterocycles. The lowest BCUT2D eigenvalue weighted by Crippen LogP contribution is -2.58. The third-order valence-corrected chi connectivity index (χ3v) is 5.75. The molecule has 2 atom stereocenters. The van der Waals surface area contributed by atoms with Gasteiger partial charge in [-0.1, -0.05) is 0 Å². The Morgan fingerprint density at radius 3 is 2.62 bits per heavy atom. The maximum absolute atomic E-state index is 12.9. The highest BCUT2D eigenvalue weighted by atomic mass is 19.4. The molecule has 3 heterocycles. The number of fused-ring (bicyclic) bond motifs is 1. The molecule has 1 aromatic rings. The molecule has 0 saturated carbocycles. The molecular formula is C21H32F3N3O5. The number of aryl methyl sites for hydroxylation is 1. The number of rotatable bonds is 6. The first-order valence-corrected chi connectivity index (χ1v) is 10.5. The van der Waals surface area contributed by atoms with Gasteiger partial charge in [0.1, 0.15) is 5.69 Å². The Morgan fingerprint density at radius 1 is 1.38 bits per heavy atom. The fourth-order valence-electron chi connectivity index (χ4n) is 4.04. The normalized spacial score (nSPS) is 23.3. The van der Waals surface area contributed by atoms with Gasteiger partial charge in [-0.05, 0) is 45.5 Å². The van der Waals surface area contributed by atoms with E-state index in [9.17, 15) is 18.0 Å². The Kier molecular flexibility index (Phi) is 9.11. The summed E-state index contributed by atoms with van der Waals surface area (Å²) in [6.07, 6.45) is 0.0471. The number of likely N-dealkylation sites (N-methyl/N-ethyl adjacent to an activating group) is 1. The standard InChI is InChI=1S/C19H31N3O3.C2HF3O2/c1-20(2)11-13-24-15-19-8-5-12-25-17(19)7-10-22(14-19)18(23)16-6-4-9-21(16)3;3-2(4,5)1(6)7/h4,6,9,17H,5,7-8,10-15H2,1-3H3;(H,6,7). The van der Waals surface area contributed by atoms with Crippen LogP contribution in [0.3, 0.4) is 0 Å². The van der Waals surface area contributed by atoms with Crippen molar-refractivity contribution in [2.45, 2.75) is 31.5 Å². The van der Waals surface area contributed by atoms with Crippen LogP contribution in [-0.2, 0) is 21.3 Å². The molecule has 1 N–H and O–H groups in total. The topological polar surface area (TPSA) is 84.2 Å². The highest BCUT2D eigenvalue weighted by Gasteiger charge is 2.47. The van der Waals surface area contributed by atoms with E-state index in [0.29, 0.717) is 13.2 Å². The second-order valence-corrected chi connectivity index (χ2v) is 8.50.